The van der Waals surface area contributed by atoms with Gasteiger partial charge in [-0.2, -0.15) is 0 Å². The summed E-state index contributed by atoms with van der Waals surface area (Å²) in [5.74, 6) is -1.21. The van der Waals surface area contributed by atoms with E-state index in [1.54, 1.807) is 31.3 Å². The highest BCUT2D eigenvalue weighted by Crippen LogP contribution is 2.30. The van der Waals surface area contributed by atoms with Gasteiger partial charge < -0.3 is 19.3 Å². The lowest BCUT2D eigenvalue weighted by atomic mass is 10.1. The Kier molecular flexibility index (Phi) is 6.40. The van der Waals surface area contributed by atoms with Crippen molar-refractivity contribution >= 4 is 28.9 Å². The number of nitro groups is 1. The van der Waals surface area contributed by atoms with Crippen LogP contribution in [0, 0.1) is 10.1 Å². The summed E-state index contributed by atoms with van der Waals surface area (Å²) in [6, 6.07) is 13.1. The highest BCUT2D eigenvalue weighted by Gasteiger charge is 2.24. The Morgan fingerprint density at radius 2 is 1.86 bits per heavy atom. The van der Waals surface area contributed by atoms with E-state index in [4.69, 9.17) is 9.47 Å². The average Bonchev–Trinajstić information content (AvgIpc) is 2.77. The summed E-state index contributed by atoms with van der Waals surface area (Å²) in [5, 5.41) is 11.5. The normalized spacial score (nSPS) is 13.6. The second-order valence-corrected chi connectivity index (χ2v) is 6.42. The molecular weight excluding hydrogens is 378 g/mol. The largest absolute Gasteiger partial charge is 0.452 e. The third kappa shape index (κ3) is 4.88. The van der Waals surface area contributed by atoms with Crippen LogP contribution in [0.1, 0.15) is 10.4 Å². The lowest BCUT2D eigenvalue weighted by Crippen LogP contribution is -2.36. The number of anilines is 2. The van der Waals surface area contributed by atoms with Gasteiger partial charge in [0.05, 0.1) is 23.7 Å². The van der Waals surface area contributed by atoms with Crippen molar-refractivity contribution in [3.8, 4) is 0 Å². The van der Waals surface area contributed by atoms with Gasteiger partial charge in [-0.1, -0.05) is 18.2 Å². The number of esters is 1. The number of rotatable bonds is 6. The van der Waals surface area contributed by atoms with Gasteiger partial charge in [0.2, 0.25) is 0 Å². The second kappa shape index (κ2) is 9.16. The molecule has 9 heteroatoms. The van der Waals surface area contributed by atoms with Crippen molar-refractivity contribution in [3.05, 3.63) is 64.2 Å². The van der Waals surface area contributed by atoms with Crippen molar-refractivity contribution in [3.63, 3.8) is 0 Å². The van der Waals surface area contributed by atoms with Crippen LogP contribution >= 0.6 is 0 Å². The van der Waals surface area contributed by atoms with Gasteiger partial charge in [-0.25, -0.2) is 4.79 Å². The van der Waals surface area contributed by atoms with Crippen LogP contribution in [-0.2, 0) is 14.3 Å². The third-order valence-electron chi connectivity index (χ3n) is 4.60. The summed E-state index contributed by atoms with van der Waals surface area (Å²) in [7, 11) is 1.58. The predicted octanol–water partition coefficient (Wildman–Crippen LogP) is 2.25. The van der Waals surface area contributed by atoms with E-state index in [1.165, 1.54) is 23.1 Å². The summed E-state index contributed by atoms with van der Waals surface area (Å²) < 4.78 is 10.3. The van der Waals surface area contributed by atoms with E-state index in [2.05, 4.69) is 0 Å². The zero-order chi connectivity index (χ0) is 20.8. The first-order valence-corrected chi connectivity index (χ1v) is 9.07. The van der Waals surface area contributed by atoms with Crippen molar-refractivity contribution in [2.45, 2.75) is 0 Å². The molecule has 1 amide bonds. The Balaban J connectivity index is 1.68. The van der Waals surface area contributed by atoms with E-state index in [0.717, 1.165) is 0 Å². The monoisotopic (exact) mass is 399 g/mol. The van der Waals surface area contributed by atoms with Gasteiger partial charge in [-0.05, 0) is 24.3 Å². The molecule has 0 N–H and O–H groups in total. The molecule has 2 aromatic rings. The summed E-state index contributed by atoms with van der Waals surface area (Å²) in [4.78, 5) is 38.7. The third-order valence-corrected chi connectivity index (χ3v) is 4.60. The van der Waals surface area contributed by atoms with Crippen molar-refractivity contribution in [1.82, 2.24) is 0 Å². The lowest BCUT2D eigenvalue weighted by molar-refractivity contribution is -0.384. The van der Waals surface area contributed by atoms with Crippen LogP contribution in [0.15, 0.2) is 48.5 Å². The summed E-state index contributed by atoms with van der Waals surface area (Å²) in [6.07, 6.45) is 0. The molecule has 0 bridgehead atoms. The van der Waals surface area contributed by atoms with Gasteiger partial charge in [0.1, 0.15) is 5.69 Å². The van der Waals surface area contributed by atoms with Crippen molar-refractivity contribution < 1.29 is 24.0 Å². The van der Waals surface area contributed by atoms with Crippen LogP contribution in [0.25, 0.3) is 0 Å². The number of hydrogen-bond acceptors (Lipinski definition) is 7. The molecule has 0 atom stereocenters. The van der Waals surface area contributed by atoms with Gasteiger partial charge in [-0.3, -0.25) is 14.9 Å². The molecular formula is C20H21N3O6. The summed E-state index contributed by atoms with van der Waals surface area (Å²) in [5.41, 5.74) is 0.923. The fourth-order valence-electron chi connectivity index (χ4n) is 2.97. The van der Waals surface area contributed by atoms with Gasteiger partial charge in [0.25, 0.3) is 11.6 Å². The molecule has 0 saturated carbocycles. The molecule has 1 heterocycles. The summed E-state index contributed by atoms with van der Waals surface area (Å²) in [6.45, 7) is 1.56. The average molecular weight is 399 g/mol. The smallest absolute Gasteiger partial charge is 0.338 e. The molecule has 1 aliphatic rings. The van der Waals surface area contributed by atoms with Crippen molar-refractivity contribution in [2.75, 3.05) is 49.8 Å². The highest BCUT2D eigenvalue weighted by molar-refractivity contribution is 5.97. The van der Waals surface area contributed by atoms with Gasteiger partial charge in [0, 0.05) is 31.9 Å². The quantitative estimate of drug-likeness (QED) is 0.417. The van der Waals surface area contributed by atoms with Crippen molar-refractivity contribution in [1.29, 1.82) is 0 Å². The topological polar surface area (TPSA) is 102 Å². The molecule has 29 heavy (non-hydrogen) atoms. The maximum Gasteiger partial charge on any atom is 0.338 e. The van der Waals surface area contributed by atoms with Crippen LogP contribution in [0.5, 0.6) is 0 Å². The minimum Gasteiger partial charge on any atom is -0.452 e. The van der Waals surface area contributed by atoms with E-state index in [9.17, 15) is 19.7 Å². The Morgan fingerprint density at radius 1 is 1.17 bits per heavy atom. The molecule has 1 fully saturated rings. The van der Waals surface area contributed by atoms with Crippen LogP contribution in [-0.4, -0.2) is 56.8 Å². The molecule has 0 unspecified atom stereocenters. The number of para-hydroxylation sites is 1. The minimum atomic E-state index is -0.795. The second-order valence-electron chi connectivity index (χ2n) is 6.42. The molecule has 0 aliphatic carbocycles. The molecule has 0 aromatic heterocycles. The highest BCUT2D eigenvalue weighted by atomic mass is 16.6. The Hall–Kier alpha value is -3.46. The molecule has 3 rings (SSSR count). The fraction of sp³-hybridized carbons (Fsp3) is 0.300. The number of amides is 1. The first-order valence-electron chi connectivity index (χ1n) is 9.07. The van der Waals surface area contributed by atoms with Crippen LogP contribution in [0.3, 0.4) is 0 Å². The number of hydrogen-bond donors (Lipinski definition) is 0. The first-order chi connectivity index (χ1) is 14.0. The van der Waals surface area contributed by atoms with Crippen LogP contribution in [0.2, 0.25) is 0 Å². The lowest BCUT2D eigenvalue weighted by Gasteiger charge is -2.28. The number of ether oxygens (including phenoxy) is 2. The minimum absolute atomic E-state index is 0.0175. The molecule has 152 valence electrons. The van der Waals surface area contributed by atoms with E-state index >= 15 is 0 Å². The van der Waals surface area contributed by atoms with Gasteiger partial charge >= 0.3 is 5.97 Å². The molecule has 2 aromatic carbocycles. The maximum absolute atomic E-state index is 12.3. The first kappa shape index (κ1) is 20.3. The zero-order valence-electron chi connectivity index (χ0n) is 15.9. The van der Waals surface area contributed by atoms with Crippen molar-refractivity contribution in [2.24, 2.45) is 0 Å². The van der Waals surface area contributed by atoms with E-state index in [-0.39, 0.29) is 11.3 Å². The predicted molar refractivity (Wildman–Crippen MR) is 106 cm³/mol. The molecule has 0 spiro atoms. The Labute approximate surface area is 167 Å². The van der Waals surface area contributed by atoms with E-state index in [1.807, 2.05) is 11.0 Å². The van der Waals surface area contributed by atoms with E-state index < -0.39 is 23.4 Å². The fourth-order valence-corrected chi connectivity index (χ4v) is 2.97. The molecule has 9 nitrogen and oxygen atoms in total. The number of carbonyl (C=O) groups is 2. The molecule has 1 aliphatic heterocycles. The molecule has 1 saturated heterocycles. The number of nitrogens with zero attached hydrogens (tertiary/aromatic N) is 3. The number of carbonyl (C=O) groups excluding carboxylic acids is 2. The number of nitro benzene ring substituents is 1. The van der Waals surface area contributed by atoms with E-state index in [0.29, 0.717) is 37.7 Å². The van der Waals surface area contributed by atoms with Gasteiger partial charge in [-0.15, -0.1) is 0 Å². The SMILES string of the molecule is CN(C(=O)COC(=O)c1ccc(N2CCOCC2)c([N+](=O)[O-])c1)c1ccccc1. The Bertz CT molecular complexity index is 896. The number of benzene rings is 2. The molecule has 0 radical (unpaired) electrons. The van der Waals surface area contributed by atoms with Gasteiger partial charge in [0.15, 0.2) is 6.61 Å². The van der Waals surface area contributed by atoms with Crippen LogP contribution in [0.4, 0.5) is 17.1 Å². The zero-order valence-corrected chi connectivity index (χ0v) is 15.9. The number of likely N-dealkylation sites (N-methyl/N-ethyl adjacent to an activating group) is 1. The standard InChI is InChI=1S/C20H21N3O6/c1-21(16-5-3-2-4-6-16)19(24)14-29-20(25)15-7-8-17(18(13-15)23(26)27)22-9-11-28-12-10-22/h2-8,13H,9-12,14H2,1H3. The Morgan fingerprint density at radius 3 is 2.52 bits per heavy atom. The number of morpholine rings is 1. The maximum atomic E-state index is 12.3. The summed E-state index contributed by atoms with van der Waals surface area (Å²) >= 11 is 0. The van der Waals surface area contributed by atoms with Crippen LogP contribution < -0.4 is 9.80 Å².